The van der Waals surface area contributed by atoms with Crippen LogP contribution in [0.5, 0.6) is 0 Å². The van der Waals surface area contributed by atoms with Crippen LogP contribution in [0.3, 0.4) is 0 Å². The number of nitrogens with zero attached hydrogens (tertiary/aromatic N) is 1. The number of rotatable bonds is 3. The highest BCUT2D eigenvalue weighted by Gasteiger charge is 2.31. The van der Waals surface area contributed by atoms with Crippen molar-refractivity contribution in [1.82, 2.24) is 4.90 Å². The van der Waals surface area contributed by atoms with Gasteiger partial charge in [-0.2, -0.15) is 13.2 Å². The molecule has 4 rings (SSSR count). The van der Waals surface area contributed by atoms with Gasteiger partial charge in [0.25, 0.3) is 5.91 Å². The van der Waals surface area contributed by atoms with Crippen LogP contribution in [0.1, 0.15) is 51.7 Å². The monoisotopic (exact) mass is 389 g/mol. The number of piperidine rings is 1. The molecule has 3 nitrogen and oxygen atoms in total. The van der Waals surface area contributed by atoms with E-state index in [1.165, 1.54) is 5.56 Å². The van der Waals surface area contributed by atoms with E-state index in [2.05, 4.69) is 0 Å². The quantitative estimate of drug-likeness (QED) is 0.752. The lowest BCUT2D eigenvalue weighted by molar-refractivity contribution is -0.137. The van der Waals surface area contributed by atoms with Gasteiger partial charge in [0, 0.05) is 24.6 Å². The standard InChI is InChI=1S/C22H22F3NO2/c23-22(24,25)20-7-5-15(6-8-20)17-9-11-26(12-10-17)21(27)18-3-1-16(2-4-18)19-13-28-14-19/h1-8,17,19H,9-14H2. The molecular weight excluding hydrogens is 367 g/mol. The maximum atomic E-state index is 12.7. The summed E-state index contributed by atoms with van der Waals surface area (Å²) in [4.78, 5) is 14.6. The largest absolute Gasteiger partial charge is 0.416 e. The molecule has 0 spiro atoms. The summed E-state index contributed by atoms with van der Waals surface area (Å²) in [7, 11) is 0. The summed E-state index contributed by atoms with van der Waals surface area (Å²) in [6.45, 7) is 2.71. The number of hydrogen-bond donors (Lipinski definition) is 0. The van der Waals surface area contributed by atoms with Gasteiger partial charge in [-0.1, -0.05) is 24.3 Å². The van der Waals surface area contributed by atoms with Gasteiger partial charge in [0.1, 0.15) is 0 Å². The normalized spacial score (nSPS) is 18.8. The number of halogens is 3. The van der Waals surface area contributed by atoms with Crippen LogP contribution in [0.25, 0.3) is 0 Å². The first-order chi connectivity index (χ1) is 13.4. The van der Waals surface area contributed by atoms with E-state index in [1.54, 1.807) is 12.1 Å². The Kier molecular flexibility index (Phi) is 5.15. The fraction of sp³-hybridized carbons (Fsp3) is 0.409. The van der Waals surface area contributed by atoms with Gasteiger partial charge in [0.2, 0.25) is 0 Å². The second-order valence-electron chi connectivity index (χ2n) is 7.54. The van der Waals surface area contributed by atoms with E-state index >= 15 is 0 Å². The van der Waals surface area contributed by atoms with E-state index in [0.29, 0.717) is 24.6 Å². The molecule has 28 heavy (non-hydrogen) atoms. The topological polar surface area (TPSA) is 29.5 Å². The molecule has 0 aliphatic carbocycles. The molecule has 1 amide bonds. The predicted octanol–water partition coefficient (Wildman–Crippen LogP) is 4.84. The van der Waals surface area contributed by atoms with Crippen LogP contribution in [0.4, 0.5) is 13.2 Å². The fourth-order valence-electron chi connectivity index (χ4n) is 3.87. The molecular formula is C22H22F3NO2. The van der Waals surface area contributed by atoms with Crippen molar-refractivity contribution in [1.29, 1.82) is 0 Å². The van der Waals surface area contributed by atoms with Crippen molar-refractivity contribution in [3.63, 3.8) is 0 Å². The molecule has 6 heteroatoms. The van der Waals surface area contributed by atoms with Crippen molar-refractivity contribution in [3.05, 3.63) is 70.8 Å². The first-order valence-corrected chi connectivity index (χ1v) is 9.56. The van der Waals surface area contributed by atoms with Gasteiger partial charge in [-0.25, -0.2) is 0 Å². The van der Waals surface area contributed by atoms with Crippen molar-refractivity contribution in [2.75, 3.05) is 26.3 Å². The molecule has 2 aliphatic rings. The van der Waals surface area contributed by atoms with Crippen LogP contribution in [-0.4, -0.2) is 37.1 Å². The zero-order valence-electron chi connectivity index (χ0n) is 15.4. The van der Waals surface area contributed by atoms with Crippen LogP contribution in [0.2, 0.25) is 0 Å². The van der Waals surface area contributed by atoms with E-state index in [1.807, 2.05) is 29.2 Å². The second kappa shape index (κ2) is 7.59. The highest BCUT2D eigenvalue weighted by molar-refractivity contribution is 5.94. The minimum atomic E-state index is -4.31. The number of carbonyl (C=O) groups is 1. The Morgan fingerprint density at radius 2 is 1.39 bits per heavy atom. The zero-order valence-corrected chi connectivity index (χ0v) is 15.4. The van der Waals surface area contributed by atoms with Gasteiger partial charge >= 0.3 is 6.18 Å². The molecule has 2 aromatic carbocycles. The SMILES string of the molecule is O=C(c1ccc(C2COC2)cc1)N1CCC(c2ccc(C(F)(F)F)cc2)CC1. The molecule has 0 aromatic heterocycles. The third kappa shape index (κ3) is 3.92. The maximum Gasteiger partial charge on any atom is 0.416 e. The molecule has 0 atom stereocenters. The molecule has 0 saturated carbocycles. The molecule has 148 valence electrons. The second-order valence-corrected chi connectivity index (χ2v) is 7.54. The predicted molar refractivity (Wildman–Crippen MR) is 99.3 cm³/mol. The fourth-order valence-corrected chi connectivity index (χ4v) is 3.87. The summed E-state index contributed by atoms with van der Waals surface area (Å²) < 4.78 is 43.3. The smallest absolute Gasteiger partial charge is 0.380 e. The lowest BCUT2D eigenvalue weighted by Gasteiger charge is -2.32. The van der Waals surface area contributed by atoms with E-state index in [4.69, 9.17) is 4.74 Å². The number of amides is 1. The van der Waals surface area contributed by atoms with Crippen molar-refractivity contribution in [2.45, 2.75) is 30.9 Å². The first-order valence-electron chi connectivity index (χ1n) is 9.56. The molecule has 0 N–H and O–H groups in total. The molecule has 0 radical (unpaired) electrons. The van der Waals surface area contributed by atoms with E-state index in [0.717, 1.165) is 43.8 Å². The number of alkyl halides is 3. The summed E-state index contributed by atoms with van der Waals surface area (Å²) in [6.07, 6.45) is -2.79. The van der Waals surface area contributed by atoms with Crippen molar-refractivity contribution < 1.29 is 22.7 Å². The number of ether oxygens (including phenoxy) is 1. The molecule has 2 aromatic rings. The molecule has 2 heterocycles. The Labute approximate surface area is 162 Å². The lowest BCUT2D eigenvalue weighted by Crippen LogP contribution is -2.38. The highest BCUT2D eigenvalue weighted by atomic mass is 19.4. The van der Waals surface area contributed by atoms with Crippen LogP contribution < -0.4 is 0 Å². The Balaban J connectivity index is 1.35. The minimum Gasteiger partial charge on any atom is -0.380 e. The number of likely N-dealkylation sites (tertiary alicyclic amines) is 1. The third-order valence-electron chi connectivity index (χ3n) is 5.76. The van der Waals surface area contributed by atoms with E-state index < -0.39 is 11.7 Å². The molecule has 0 bridgehead atoms. The zero-order chi connectivity index (χ0) is 19.7. The number of carbonyl (C=O) groups excluding carboxylic acids is 1. The van der Waals surface area contributed by atoms with Gasteiger partial charge in [0.05, 0.1) is 18.8 Å². The van der Waals surface area contributed by atoms with Crippen LogP contribution >= 0.6 is 0 Å². The molecule has 2 fully saturated rings. The van der Waals surface area contributed by atoms with Gasteiger partial charge in [0.15, 0.2) is 0 Å². The summed E-state index contributed by atoms with van der Waals surface area (Å²) in [5.41, 5.74) is 2.16. The Morgan fingerprint density at radius 3 is 1.89 bits per heavy atom. The average molecular weight is 389 g/mol. The van der Waals surface area contributed by atoms with E-state index in [-0.39, 0.29) is 11.8 Å². The van der Waals surface area contributed by atoms with Crippen LogP contribution in [0.15, 0.2) is 48.5 Å². The van der Waals surface area contributed by atoms with Crippen LogP contribution in [0, 0.1) is 0 Å². The molecule has 0 unspecified atom stereocenters. The van der Waals surface area contributed by atoms with E-state index in [9.17, 15) is 18.0 Å². The highest BCUT2D eigenvalue weighted by Crippen LogP contribution is 2.33. The van der Waals surface area contributed by atoms with Crippen LogP contribution in [-0.2, 0) is 10.9 Å². The summed E-state index contributed by atoms with van der Waals surface area (Å²) in [5.74, 6) is 0.637. The number of benzene rings is 2. The molecule has 2 saturated heterocycles. The van der Waals surface area contributed by atoms with Crippen molar-refractivity contribution >= 4 is 5.91 Å². The Morgan fingerprint density at radius 1 is 0.857 bits per heavy atom. The third-order valence-corrected chi connectivity index (χ3v) is 5.76. The van der Waals surface area contributed by atoms with Gasteiger partial charge < -0.3 is 9.64 Å². The van der Waals surface area contributed by atoms with Crippen molar-refractivity contribution in [3.8, 4) is 0 Å². The summed E-state index contributed by atoms with van der Waals surface area (Å²) in [6, 6.07) is 13.1. The Bertz CT molecular complexity index is 818. The lowest BCUT2D eigenvalue weighted by atomic mass is 9.88. The average Bonchev–Trinajstić information content (AvgIpc) is 2.66. The minimum absolute atomic E-state index is 0.0160. The summed E-state index contributed by atoms with van der Waals surface area (Å²) >= 11 is 0. The molecule has 2 aliphatic heterocycles. The van der Waals surface area contributed by atoms with Gasteiger partial charge in [-0.05, 0) is 54.2 Å². The first kappa shape index (κ1) is 19.0. The summed E-state index contributed by atoms with van der Waals surface area (Å²) in [5, 5.41) is 0. The van der Waals surface area contributed by atoms with Gasteiger partial charge in [-0.3, -0.25) is 4.79 Å². The van der Waals surface area contributed by atoms with Gasteiger partial charge in [-0.15, -0.1) is 0 Å². The Hall–Kier alpha value is -2.34. The number of hydrogen-bond acceptors (Lipinski definition) is 2. The van der Waals surface area contributed by atoms with Crippen molar-refractivity contribution in [2.24, 2.45) is 0 Å². The maximum absolute atomic E-state index is 12.7.